The second kappa shape index (κ2) is 8.89. The average Bonchev–Trinajstić information content (AvgIpc) is 3.24. The van der Waals surface area contributed by atoms with Gasteiger partial charge in [-0.05, 0) is 25.1 Å². The predicted molar refractivity (Wildman–Crippen MR) is 110 cm³/mol. The standard InChI is InChI=1S/C22H26N4O2/c1-27-20-11-6-5-10-19(20)26-16-14-25(15-17-26)13-7-12-21-23-22(24-28-21)18-8-3-2-4-9-18/h2-6,8-11H,7,12-17H2,1H3. The van der Waals surface area contributed by atoms with Crippen molar-refractivity contribution in [1.29, 1.82) is 0 Å². The maximum absolute atomic E-state index is 5.49. The molecule has 0 unspecified atom stereocenters. The highest BCUT2D eigenvalue weighted by molar-refractivity contribution is 5.58. The van der Waals surface area contributed by atoms with E-state index in [1.165, 1.54) is 5.69 Å². The molecule has 0 atom stereocenters. The number of hydrogen-bond donors (Lipinski definition) is 0. The van der Waals surface area contributed by atoms with Crippen LogP contribution in [0.25, 0.3) is 11.4 Å². The van der Waals surface area contributed by atoms with Gasteiger partial charge in [-0.3, -0.25) is 4.90 Å². The molecule has 6 heteroatoms. The maximum atomic E-state index is 5.49. The van der Waals surface area contributed by atoms with Crippen LogP contribution in [0.1, 0.15) is 12.3 Å². The van der Waals surface area contributed by atoms with Gasteiger partial charge in [0.15, 0.2) is 0 Å². The van der Waals surface area contributed by atoms with E-state index in [4.69, 9.17) is 9.26 Å². The number of aryl methyl sites for hydroxylation is 1. The number of piperazine rings is 1. The number of rotatable bonds is 7. The Hall–Kier alpha value is -2.86. The van der Waals surface area contributed by atoms with Crippen molar-refractivity contribution in [1.82, 2.24) is 15.0 Å². The molecule has 1 fully saturated rings. The highest BCUT2D eigenvalue weighted by Gasteiger charge is 2.19. The summed E-state index contributed by atoms with van der Waals surface area (Å²) >= 11 is 0. The first-order chi connectivity index (χ1) is 13.8. The monoisotopic (exact) mass is 378 g/mol. The van der Waals surface area contributed by atoms with Crippen LogP contribution in [0.15, 0.2) is 59.1 Å². The Kier molecular flexibility index (Phi) is 5.87. The van der Waals surface area contributed by atoms with Crippen molar-refractivity contribution < 1.29 is 9.26 Å². The first-order valence-electron chi connectivity index (χ1n) is 9.82. The highest BCUT2D eigenvalue weighted by atomic mass is 16.5. The third-order valence-electron chi connectivity index (χ3n) is 5.16. The number of ether oxygens (including phenoxy) is 1. The van der Waals surface area contributed by atoms with Gasteiger partial charge in [-0.2, -0.15) is 4.98 Å². The van der Waals surface area contributed by atoms with E-state index in [0.717, 1.165) is 56.9 Å². The van der Waals surface area contributed by atoms with Crippen molar-refractivity contribution in [2.24, 2.45) is 0 Å². The van der Waals surface area contributed by atoms with Crippen molar-refractivity contribution in [2.45, 2.75) is 12.8 Å². The van der Waals surface area contributed by atoms with Crippen LogP contribution >= 0.6 is 0 Å². The van der Waals surface area contributed by atoms with E-state index in [9.17, 15) is 0 Å². The zero-order chi connectivity index (χ0) is 19.2. The zero-order valence-electron chi connectivity index (χ0n) is 16.3. The Morgan fingerprint density at radius 1 is 0.964 bits per heavy atom. The molecule has 0 bridgehead atoms. The quantitative estimate of drug-likeness (QED) is 0.627. The fraction of sp³-hybridized carbons (Fsp3) is 0.364. The summed E-state index contributed by atoms with van der Waals surface area (Å²) in [6.07, 6.45) is 1.83. The molecule has 2 aromatic carbocycles. The van der Waals surface area contributed by atoms with Crippen molar-refractivity contribution in [3.05, 3.63) is 60.5 Å². The van der Waals surface area contributed by atoms with Gasteiger partial charge in [-0.1, -0.05) is 47.6 Å². The lowest BCUT2D eigenvalue weighted by Crippen LogP contribution is -2.46. The first kappa shape index (κ1) is 18.5. The number of aromatic nitrogens is 2. The summed E-state index contributed by atoms with van der Waals surface area (Å²) in [6, 6.07) is 18.2. The molecule has 28 heavy (non-hydrogen) atoms. The molecule has 1 aliphatic heterocycles. The topological polar surface area (TPSA) is 54.6 Å². The second-order valence-corrected chi connectivity index (χ2v) is 6.98. The lowest BCUT2D eigenvalue weighted by Gasteiger charge is -2.36. The first-order valence-corrected chi connectivity index (χ1v) is 9.82. The van der Waals surface area contributed by atoms with Gasteiger partial charge in [0.25, 0.3) is 0 Å². The van der Waals surface area contributed by atoms with Crippen LogP contribution in [0.5, 0.6) is 5.75 Å². The number of benzene rings is 2. The van der Waals surface area contributed by atoms with Crippen LogP contribution in [-0.2, 0) is 6.42 Å². The molecule has 4 rings (SSSR count). The van der Waals surface area contributed by atoms with Gasteiger partial charge in [0.2, 0.25) is 11.7 Å². The Labute approximate surface area is 165 Å². The molecule has 0 radical (unpaired) electrons. The molecule has 146 valence electrons. The lowest BCUT2D eigenvalue weighted by atomic mass is 10.2. The Morgan fingerprint density at radius 2 is 1.71 bits per heavy atom. The normalized spacial score (nSPS) is 15.0. The van der Waals surface area contributed by atoms with Crippen molar-refractivity contribution >= 4 is 5.69 Å². The van der Waals surface area contributed by atoms with Gasteiger partial charge < -0.3 is 14.2 Å². The molecular formula is C22H26N4O2. The molecule has 0 spiro atoms. The number of hydrogen-bond acceptors (Lipinski definition) is 6. The predicted octanol–water partition coefficient (Wildman–Crippen LogP) is 3.50. The Balaban J connectivity index is 1.23. The Bertz CT molecular complexity index is 873. The smallest absolute Gasteiger partial charge is 0.227 e. The van der Waals surface area contributed by atoms with Gasteiger partial charge in [0.1, 0.15) is 5.75 Å². The summed E-state index contributed by atoms with van der Waals surface area (Å²) in [5.41, 5.74) is 2.17. The molecule has 1 aromatic heterocycles. The van der Waals surface area contributed by atoms with Gasteiger partial charge >= 0.3 is 0 Å². The summed E-state index contributed by atoms with van der Waals surface area (Å²) in [6.45, 7) is 5.18. The average molecular weight is 378 g/mol. The summed E-state index contributed by atoms with van der Waals surface area (Å²) in [7, 11) is 1.73. The highest BCUT2D eigenvalue weighted by Crippen LogP contribution is 2.28. The molecule has 1 saturated heterocycles. The minimum atomic E-state index is 0.668. The minimum Gasteiger partial charge on any atom is -0.495 e. The summed E-state index contributed by atoms with van der Waals surface area (Å²) in [5, 5.41) is 4.09. The van der Waals surface area contributed by atoms with Gasteiger partial charge in [0.05, 0.1) is 12.8 Å². The van der Waals surface area contributed by atoms with Gasteiger partial charge in [0, 0.05) is 38.2 Å². The van der Waals surface area contributed by atoms with Crippen LogP contribution in [0.4, 0.5) is 5.69 Å². The second-order valence-electron chi connectivity index (χ2n) is 6.98. The van der Waals surface area contributed by atoms with E-state index in [0.29, 0.717) is 11.7 Å². The molecule has 3 aromatic rings. The van der Waals surface area contributed by atoms with E-state index < -0.39 is 0 Å². The van der Waals surface area contributed by atoms with E-state index in [-0.39, 0.29) is 0 Å². The van der Waals surface area contributed by atoms with Crippen molar-refractivity contribution in [3.63, 3.8) is 0 Å². The van der Waals surface area contributed by atoms with Crippen LogP contribution in [0, 0.1) is 0 Å². The van der Waals surface area contributed by atoms with Crippen LogP contribution in [-0.4, -0.2) is 54.9 Å². The van der Waals surface area contributed by atoms with E-state index >= 15 is 0 Å². The van der Waals surface area contributed by atoms with E-state index in [1.807, 2.05) is 42.5 Å². The zero-order valence-corrected chi connectivity index (χ0v) is 16.3. The molecule has 0 amide bonds. The minimum absolute atomic E-state index is 0.668. The molecule has 0 N–H and O–H groups in total. The largest absolute Gasteiger partial charge is 0.495 e. The van der Waals surface area contributed by atoms with Crippen LogP contribution < -0.4 is 9.64 Å². The van der Waals surface area contributed by atoms with E-state index in [1.54, 1.807) is 7.11 Å². The van der Waals surface area contributed by atoms with Gasteiger partial charge in [-0.15, -0.1) is 0 Å². The SMILES string of the molecule is COc1ccccc1N1CCN(CCCc2nc(-c3ccccc3)no2)CC1. The number of anilines is 1. The molecule has 1 aliphatic rings. The maximum Gasteiger partial charge on any atom is 0.227 e. The number of methoxy groups -OCH3 is 1. The van der Waals surface area contributed by atoms with E-state index in [2.05, 4.69) is 32.1 Å². The Morgan fingerprint density at radius 3 is 2.50 bits per heavy atom. The fourth-order valence-corrected chi connectivity index (χ4v) is 3.62. The molecule has 0 saturated carbocycles. The van der Waals surface area contributed by atoms with Crippen LogP contribution in [0.3, 0.4) is 0 Å². The van der Waals surface area contributed by atoms with Crippen molar-refractivity contribution in [3.8, 4) is 17.1 Å². The third-order valence-corrected chi connectivity index (χ3v) is 5.16. The molecular weight excluding hydrogens is 352 g/mol. The molecule has 0 aliphatic carbocycles. The number of para-hydroxylation sites is 2. The summed E-state index contributed by atoms with van der Waals surface area (Å²) < 4.78 is 10.9. The molecule has 2 heterocycles. The third kappa shape index (κ3) is 4.34. The lowest BCUT2D eigenvalue weighted by molar-refractivity contribution is 0.250. The van der Waals surface area contributed by atoms with Crippen LogP contribution in [0.2, 0.25) is 0 Å². The van der Waals surface area contributed by atoms with Crippen molar-refractivity contribution in [2.75, 3.05) is 44.7 Å². The molecule has 6 nitrogen and oxygen atoms in total. The number of nitrogens with zero attached hydrogens (tertiary/aromatic N) is 4. The summed E-state index contributed by atoms with van der Waals surface area (Å²) in [4.78, 5) is 9.42. The van der Waals surface area contributed by atoms with Gasteiger partial charge in [-0.25, -0.2) is 0 Å². The summed E-state index contributed by atoms with van der Waals surface area (Å²) in [5.74, 6) is 2.33. The fourth-order valence-electron chi connectivity index (χ4n) is 3.62.